The first-order valence-corrected chi connectivity index (χ1v) is 10.2. The Bertz CT molecular complexity index is 641. The molecule has 0 saturated carbocycles. The van der Waals surface area contributed by atoms with Gasteiger partial charge in [0, 0.05) is 25.4 Å². The number of hydrogen-bond donors (Lipinski definition) is 0. The van der Waals surface area contributed by atoms with E-state index in [1.165, 1.54) is 44.6 Å². The standard InChI is InChI=1S/C17H28N6S/c1-14-18-7-11-23(14)13-16-19-20-17(21(16)2)15-5-9-22(10-6-15)8-4-12-24-3/h7,11,15H,4-6,8-10,12-13H2,1-3H3. The lowest BCUT2D eigenvalue weighted by atomic mass is 9.96. The third kappa shape index (κ3) is 4.00. The Kier molecular flexibility index (Phi) is 5.94. The van der Waals surface area contributed by atoms with E-state index in [0.717, 1.165) is 24.0 Å². The largest absolute Gasteiger partial charge is 0.328 e. The predicted octanol–water partition coefficient (Wildman–Crippen LogP) is 2.30. The Morgan fingerprint density at radius 1 is 1.25 bits per heavy atom. The van der Waals surface area contributed by atoms with Crippen LogP contribution in [-0.4, -0.2) is 60.9 Å². The van der Waals surface area contributed by atoms with Crippen molar-refractivity contribution in [3.8, 4) is 0 Å². The molecule has 3 rings (SSSR count). The number of imidazole rings is 1. The molecule has 0 radical (unpaired) electrons. The lowest BCUT2D eigenvalue weighted by molar-refractivity contribution is 0.209. The number of likely N-dealkylation sites (tertiary alicyclic amines) is 1. The van der Waals surface area contributed by atoms with Gasteiger partial charge in [-0.15, -0.1) is 10.2 Å². The molecule has 1 fully saturated rings. The molecule has 0 atom stereocenters. The molecule has 0 bridgehead atoms. The highest BCUT2D eigenvalue weighted by molar-refractivity contribution is 7.98. The van der Waals surface area contributed by atoms with Gasteiger partial charge in [0.25, 0.3) is 0 Å². The van der Waals surface area contributed by atoms with Crippen LogP contribution in [0.1, 0.15) is 42.7 Å². The SMILES string of the molecule is CSCCCN1CCC(c2nnc(Cn3ccnc3C)n2C)CC1. The van der Waals surface area contributed by atoms with E-state index in [9.17, 15) is 0 Å². The molecule has 132 valence electrons. The molecule has 3 heterocycles. The van der Waals surface area contributed by atoms with Gasteiger partial charge in [-0.3, -0.25) is 0 Å². The Hall–Kier alpha value is -1.34. The maximum absolute atomic E-state index is 4.51. The average molecular weight is 349 g/mol. The van der Waals surface area contributed by atoms with Gasteiger partial charge >= 0.3 is 0 Å². The Morgan fingerprint density at radius 3 is 2.71 bits per heavy atom. The second-order valence-electron chi connectivity index (χ2n) is 6.60. The topological polar surface area (TPSA) is 51.8 Å². The molecule has 2 aromatic heterocycles. The van der Waals surface area contributed by atoms with Crippen LogP contribution in [0.5, 0.6) is 0 Å². The van der Waals surface area contributed by atoms with Crippen molar-refractivity contribution in [3.63, 3.8) is 0 Å². The number of nitrogens with zero attached hydrogens (tertiary/aromatic N) is 6. The van der Waals surface area contributed by atoms with Crippen LogP contribution in [0.25, 0.3) is 0 Å². The minimum atomic E-state index is 0.539. The summed E-state index contributed by atoms with van der Waals surface area (Å²) < 4.78 is 4.30. The molecule has 0 N–H and O–H groups in total. The van der Waals surface area contributed by atoms with Gasteiger partial charge in [-0.05, 0) is 57.8 Å². The van der Waals surface area contributed by atoms with Crippen molar-refractivity contribution in [2.75, 3.05) is 31.6 Å². The van der Waals surface area contributed by atoms with Crippen molar-refractivity contribution < 1.29 is 0 Å². The minimum absolute atomic E-state index is 0.539. The van der Waals surface area contributed by atoms with Crippen LogP contribution in [-0.2, 0) is 13.6 Å². The zero-order valence-corrected chi connectivity index (χ0v) is 15.8. The monoisotopic (exact) mass is 348 g/mol. The number of aryl methyl sites for hydroxylation is 1. The molecule has 24 heavy (non-hydrogen) atoms. The highest BCUT2D eigenvalue weighted by Crippen LogP contribution is 2.27. The van der Waals surface area contributed by atoms with Crippen LogP contribution in [0, 0.1) is 6.92 Å². The van der Waals surface area contributed by atoms with Crippen molar-refractivity contribution in [2.45, 2.75) is 38.6 Å². The molecule has 1 aliphatic rings. The molecule has 2 aromatic rings. The third-order valence-corrected chi connectivity index (χ3v) is 5.71. The lowest BCUT2D eigenvalue weighted by Gasteiger charge is -2.31. The fourth-order valence-corrected chi connectivity index (χ4v) is 3.86. The van der Waals surface area contributed by atoms with Gasteiger partial charge in [-0.2, -0.15) is 11.8 Å². The molecule has 7 heteroatoms. The van der Waals surface area contributed by atoms with Crippen molar-refractivity contribution in [1.82, 2.24) is 29.2 Å². The van der Waals surface area contributed by atoms with E-state index in [1.54, 1.807) is 0 Å². The van der Waals surface area contributed by atoms with Crippen molar-refractivity contribution in [2.24, 2.45) is 7.05 Å². The first-order chi connectivity index (χ1) is 11.7. The van der Waals surface area contributed by atoms with Gasteiger partial charge in [0.2, 0.25) is 0 Å². The summed E-state index contributed by atoms with van der Waals surface area (Å²) in [5, 5.41) is 8.94. The number of thioether (sulfide) groups is 1. The third-order valence-electron chi connectivity index (χ3n) is 5.01. The summed E-state index contributed by atoms with van der Waals surface area (Å²) in [7, 11) is 2.10. The van der Waals surface area contributed by atoms with Gasteiger partial charge in [-0.1, -0.05) is 0 Å². The summed E-state index contributed by atoms with van der Waals surface area (Å²) in [5.74, 6) is 4.97. The molecule has 0 unspecified atom stereocenters. The highest BCUT2D eigenvalue weighted by Gasteiger charge is 2.25. The zero-order valence-electron chi connectivity index (χ0n) is 15.0. The van der Waals surface area contributed by atoms with Crippen LogP contribution >= 0.6 is 11.8 Å². The van der Waals surface area contributed by atoms with Crippen molar-refractivity contribution >= 4 is 11.8 Å². The Morgan fingerprint density at radius 2 is 2.04 bits per heavy atom. The smallest absolute Gasteiger partial charge is 0.152 e. The fraction of sp³-hybridized carbons (Fsp3) is 0.706. The number of piperidine rings is 1. The summed E-state index contributed by atoms with van der Waals surface area (Å²) in [4.78, 5) is 6.87. The molecular formula is C17H28N6S. The zero-order chi connectivity index (χ0) is 16.9. The number of rotatable bonds is 7. The minimum Gasteiger partial charge on any atom is -0.328 e. The predicted molar refractivity (Wildman–Crippen MR) is 98.5 cm³/mol. The van der Waals surface area contributed by atoms with Crippen LogP contribution in [0.3, 0.4) is 0 Å². The number of hydrogen-bond acceptors (Lipinski definition) is 5. The molecule has 1 saturated heterocycles. The average Bonchev–Trinajstić information content (AvgIpc) is 3.16. The second-order valence-corrected chi connectivity index (χ2v) is 7.58. The Labute approximate surface area is 148 Å². The number of aromatic nitrogens is 5. The van der Waals surface area contributed by atoms with Crippen LogP contribution < -0.4 is 0 Å². The first kappa shape index (κ1) is 17.5. The van der Waals surface area contributed by atoms with Crippen LogP contribution in [0.2, 0.25) is 0 Å². The summed E-state index contributed by atoms with van der Waals surface area (Å²) in [5.41, 5.74) is 0. The van der Waals surface area contributed by atoms with Crippen LogP contribution in [0.15, 0.2) is 12.4 Å². The molecule has 0 amide bonds. The highest BCUT2D eigenvalue weighted by atomic mass is 32.2. The maximum atomic E-state index is 4.51. The van der Waals surface area contributed by atoms with Gasteiger partial charge in [-0.25, -0.2) is 4.98 Å². The van der Waals surface area contributed by atoms with Crippen LogP contribution in [0.4, 0.5) is 0 Å². The summed E-state index contributed by atoms with van der Waals surface area (Å²) >= 11 is 1.94. The van der Waals surface area contributed by atoms with E-state index in [0.29, 0.717) is 5.92 Å². The molecule has 6 nitrogen and oxygen atoms in total. The quantitative estimate of drug-likeness (QED) is 0.719. The van der Waals surface area contributed by atoms with E-state index in [1.807, 2.05) is 31.1 Å². The molecule has 0 aromatic carbocycles. The lowest BCUT2D eigenvalue weighted by Crippen LogP contribution is -2.34. The normalized spacial score (nSPS) is 16.8. The second kappa shape index (κ2) is 8.16. The first-order valence-electron chi connectivity index (χ1n) is 8.76. The van der Waals surface area contributed by atoms with Gasteiger partial charge in [0.1, 0.15) is 11.6 Å². The molecule has 0 spiro atoms. The molecule has 1 aliphatic heterocycles. The Balaban J connectivity index is 1.57. The van der Waals surface area contributed by atoms with E-state index in [-0.39, 0.29) is 0 Å². The van der Waals surface area contributed by atoms with Gasteiger partial charge < -0.3 is 14.0 Å². The summed E-state index contributed by atoms with van der Waals surface area (Å²) in [6, 6.07) is 0. The van der Waals surface area contributed by atoms with Crippen molar-refractivity contribution in [1.29, 1.82) is 0 Å². The summed E-state index contributed by atoms with van der Waals surface area (Å²) in [6.45, 7) is 6.36. The van der Waals surface area contributed by atoms with E-state index < -0.39 is 0 Å². The van der Waals surface area contributed by atoms with E-state index in [4.69, 9.17) is 0 Å². The van der Waals surface area contributed by atoms with Crippen molar-refractivity contribution in [3.05, 3.63) is 29.9 Å². The molecule has 0 aliphatic carbocycles. The van der Waals surface area contributed by atoms with E-state index in [2.05, 4.69) is 42.5 Å². The molecular weight excluding hydrogens is 320 g/mol. The maximum Gasteiger partial charge on any atom is 0.152 e. The summed E-state index contributed by atoms with van der Waals surface area (Å²) in [6.07, 6.45) is 9.69. The van der Waals surface area contributed by atoms with E-state index >= 15 is 0 Å². The van der Waals surface area contributed by atoms with Gasteiger partial charge in [0.05, 0.1) is 6.54 Å². The van der Waals surface area contributed by atoms with Gasteiger partial charge in [0.15, 0.2) is 5.82 Å². The fourth-order valence-electron chi connectivity index (χ4n) is 3.44.